The number of benzene rings is 2. The molecule has 3 nitrogen and oxygen atoms in total. The lowest BCUT2D eigenvalue weighted by atomic mass is 10.1. The van der Waals surface area contributed by atoms with Gasteiger partial charge in [-0.15, -0.1) is 0 Å². The summed E-state index contributed by atoms with van der Waals surface area (Å²) in [7, 11) is 0. The molecular weight excluding hydrogens is 258 g/mol. The van der Waals surface area contributed by atoms with E-state index in [1.165, 1.54) is 11.1 Å². The van der Waals surface area contributed by atoms with E-state index >= 15 is 0 Å². The molecular formula is C18H21N3. The van der Waals surface area contributed by atoms with Crippen molar-refractivity contribution < 1.29 is 0 Å². The summed E-state index contributed by atoms with van der Waals surface area (Å²) in [5.41, 5.74) is 11.5. The molecule has 3 aromatic rings. The zero-order chi connectivity index (χ0) is 14.8. The molecule has 0 bridgehead atoms. The van der Waals surface area contributed by atoms with E-state index in [0.717, 1.165) is 35.4 Å². The first-order valence-electron chi connectivity index (χ1n) is 7.49. The zero-order valence-electron chi connectivity index (χ0n) is 12.6. The van der Waals surface area contributed by atoms with Gasteiger partial charge in [-0.05, 0) is 36.6 Å². The highest BCUT2D eigenvalue weighted by molar-refractivity contribution is 5.81. The Morgan fingerprint density at radius 1 is 1.10 bits per heavy atom. The summed E-state index contributed by atoms with van der Waals surface area (Å²) in [6, 6.07) is 14.9. The molecule has 0 radical (unpaired) electrons. The van der Waals surface area contributed by atoms with Crippen molar-refractivity contribution in [2.75, 3.05) is 0 Å². The van der Waals surface area contributed by atoms with Crippen LogP contribution in [0, 0.1) is 6.92 Å². The first-order valence-corrected chi connectivity index (χ1v) is 7.49. The molecule has 0 spiro atoms. The minimum Gasteiger partial charge on any atom is -0.326 e. The Bertz CT molecular complexity index is 754. The van der Waals surface area contributed by atoms with Crippen LogP contribution in [-0.2, 0) is 13.1 Å². The van der Waals surface area contributed by atoms with Crippen molar-refractivity contribution in [2.45, 2.75) is 33.4 Å². The summed E-state index contributed by atoms with van der Waals surface area (Å²) in [6.45, 7) is 5.85. The third kappa shape index (κ3) is 2.57. The molecule has 1 aromatic heterocycles. The van der Waals surface area contributed by atoms with E-state index < -0.39 is 0 Å². The first-order chi connectivity index (χ1) is 10.2. The number of hydrogen-bond acceptors (Lipinski definition) is 2. The van der Waals surface area contributed by atoms with Crippen molar-refractivity contribution in [3.05, 3.63) is 53.6 Å². The van der Waals surface area contributed by atoms with Gasteiger partial charge in [0.15, 0.2) is 0 Å². The fourth-order valence-electron chi connectivity index (χ4n) is 2.70. The normalized spacial score (nSPS) is 11.2. The lowest BCUT2D eigenvalue weighted by Crippen LogP contribution is -2.00. The summed E-state index contributed by atoms with van der Waals surface area (Å²) < 4.78 is 2.31. The van der Waals surface area contributed by atoms with Crippen LogP contribution >= 0.6 is 0 Å². The van der Waals surface area contributed by atoms with E-state index in [2.05, 4.69) is 60.9 Å². The van der Waals surface area contributed by atoms with E-state index in [1.54, 1.807) is 0 Å². The number of nitrogens with zero attached hydrogens (tertiary/aromatic N) is 2. The van der Waals surface area contributed by atoms with Gasteiger partial charge in [-0.1, -0.05) is 37.3 Å². The molecule has 0 fully saturated rings. The number of imidazole rings is 1. The van der Waals surface area contributed by atoms with Gasteiger partial charge >= 0.3 is 0 Å². The Kier molecular flexibility index (Phi) is 3.76. The van der Waals surface area contributed by atoms with Gasteiger partial charge in [0.2, 0.25) is 0 Å². The molecule has 2 N–H and O–H groups in total. The maximum Gasteiger partial charge on any atom is 0.141 e. The van der Waals surface area contributed by atoms with Crippen LogP contribution in [0.2, 0.25) is 0 Å². The van der Waals surface area contributed by atoms with Gasteiger partial charge in [0.05, 0.1) is 11.0 Å². The monoisotopic (exact) mass is 279 g/mol. The second-order valence-corrected chi connectivity index (χ2v) is 5.48. The molecule has 2 aromatic carbocycles. The Morgan fingerprint density at radius 3 is 2.52 bits per heavy atom. The molecule has 0 saturated heterocycles. The van der Waals surface area contributed by atoms with Crippen LogP contribution in [0.4, 0.5) is 0 Å². The number of rotatable bonds is 4. The van der Waals surface area contributed by atoms with Crippen molar-refractivity contribution in [3.63, 3.8) is 0 Å². The number of aryl methyl sites for hydroxylation is 2. The third-order valence-electron chi connectivity index (χ3n) is 3.80. The minimum atomic E-state index is 0.574. The lowest BCUT2D eigenvalue weighted by Gasteiger charge is -2.08. The third-order valence-corrected chi connectivity index (χ3v) is 3.80. The lowest BCUT2D eigenvalue weighted by molar-refractivity contribution is 0.704. The van der Waals surface area contributed by atoms with Crippen molar-refractivity contribution in [1.82, 2.24) is 9.55 Å². The standard InChI is InChI=1S/C18H21N3/c1-3-10-21-17-9-4-13(2)11-16(17)20-18(21)15-7-5-14(12-19)6-8-15/h4-9,11H,3,10,12,19H2,1-2H3. The van der Waals surface area contributed by atoms with Gasteiger partial charge in [0.25, 0.3) is 0 Å². The Balaban J connectivity index is 2.17. The number of fused-ring (bicyclic) bond motifs is 1. The smallest absolute Gasteiger partial charge is 0.141 e. The van der Waals surface area contributed by atoms with Crippen molar-refractivity contribution in [2.24, 2.45) is 5.73 Å². The average molecular weight is 279 g/mol. The second kappa shape index (κ2) is 5.70. The molecule has 0 aliphatic heterocycles. The van der Waals surface area contributed by atoms with Gasteiger partial charge in [0, 0.05) is 18.7 Å². The van der Waals surface area contributed by atoms with Crippen LogP contribution < -0.4 is 5.73 Å². The van der Waals surface area contributed by atoms with Crippen LogP contribution in [-0.4, -0.2) is 9.55 Å². The van der Waals surface area contributed by atoms with Gasteiger partial charge in [-0.25, -0.2) is 4.98 Å². The highest BCUT2D eigenvalue weighted by Crippen LogP contribution is 2.26. The fraction of sp³-hybridized carbons (Fsp3) is 0.278. The molecule has 3 rings (SSSR count). The predicted molar refractivity (Wildman–Crippen MR) is 88.1 cm³/mol. The maximum atomic E-state index is 5.67. The summed E-state index contributed by atoms with van der Waals surface area (Å²) in [5.74, 6) is 1.04. The SMILES string of the molecule is CCCn1c(-c2ccc(CN)cc2)nc2cc(C)ccc21. The summed E-state index contributed by atoms with van der Waals surface area (Å²) in [4.78, 5) is 4.85. The van der Waals surface area contributed by atoms with Gasteiger partial charge in [0.1, 0.15) is 5.82 Å². The van der Waals surface area contributed by atoms with E-state index in [1.807, 2.05) is 0 Å². The predicted octanol–water partition coefficient (Wildman–Crippen LogP) is 3.88. The van der Waals surface area contributed by atoms with Crippen LogP contribution in [0.1, 0.15) is 24.5 Å². The fourth-order valence-corrected chi connectivity index (χ4v) is 2.70. The first kappa shape index (κ1) is 13.8. The molecule has 0 saturated carbocycles. The van der Waals surface area contributed by atoms with Crippen molar-refractivity contribution in [1.29, 1.82) is 0 Å². The molecule has 0 unspecified atom stereocenters. The van der Waals surface area contributed by atoms with Gasteiger partial charge in [-0.2, -0.15) is 0 Å². The highest BCUT2D eigenvalue weighted by Gasteiger charge is 2.12. The van der Waals surface area contributed by atoms with Gasteiger partial charge < -0.3 is 10.3 Å². The minimum absolute atomic E-state index is 0.574. The molecule has 0 aliphatic rings. The van der Waals surface area contributed by atoms with Crippen molar-refractivity contribution >= 4 is 11.0 Å². The molecule has 0 amide bonds. The number of nitrogens with two attached hydrogens (primary N) is 1. The molecule has 3 heteroatoms. The Labute approximate surface area is 125 Å². The Hall–Kier alpha value is -2.13. The van der Waals surface area contributed by atoms with Crippen molar-refractivity contribution in [3.8, 4) is 11.4 Å². The van der Waals surface area contributed by atoms with Crippen LogP contribution in [0.25, 0.3) is 22.4 Å². The maximum absolute atomic E-state index is 5.67. The molecule has 108 valence electrons. The molecule has 1 heterocycles. The van der Waals surface area contributed by atoms with E-state index in [-0.39, 0.29) is 0 Å². The van der Waals surface area contributed by atoms with E-state index in [4.69, 9.17) is 10.7 Å². The number of hydrogen-bond donors (Lipinski definition) is 1. The molecule has 0 atom stereocenters. The molecule has 21 heavy (non-hydrogen) atoms. The quantitative estimate of drug-likeness (QED) is 0.787. The summed E-state index contributed by atoms with van der Waals surface area (Å²) >= 11 is 0. The zero-order valence-corrected chi connectivity index (χ0v) is 12.6. The topological polar surface area (TPSA) is 43.8 Å². The van der Waals surface area contributed by atoms with Crippen LogP contribution in [0.15, 0.2) is 42.5 Å². The Morgan fingerprint density at radius 2 is 1.86 bits per heavy atom. The summed E-state index contributed by atoms with van der Waals surface area (Å²) in [5, 5.41) is 0. The highest BCUT2D eigenvalue weighted by atomic mass is 15.1. The molecule has 0 aliphatic carbocycles. The number of aromatic nitrogens is 2. The van der Waals surface area contributed by atoms with Crippen LogP contribution in [0.3, 0.4) is 0 Å². The van der Waals surface area contributed by atoms with E-state index in [0.29, 0.717) is 6.54 Å². The largest absolute Gasteiger partial charge is 0.326 e. The average Bonchev–Trinajstić information content (AvgIpc) is 2.85. The van der Waals surface area contributed by atoms with Gasteiger partial charge in [-0.3, -0.25) is 0 Å². The summed E-state index contributed by atoms with van der Waals surface area (Å²) in [6.07, 6.45) is 1.09. The second-order valence-electron chi connectivity index (χ2n) is 5.48. The van der Waals surface area contributed by atoms with E-state index in [9.17, 15) is 0 Å². The van der Waals surface area contributed by atoms with Crippen LogP contribution in [0.5, 0.6) is 0 Å².